The van der Waals surface area contributed by atoms with Crippen molar-refractivity contribution in [1.82, 2.24) is 25.1 Å². The molecule has 0 aliphatic rings. The Bertz CT molecular complexity index is 743. The van der Waals surface area contributed by atoms with Gasteiger partial charge in [0.2, 0.25) is 5.13 Å². The fraction of sp³-hybridized carbons (Fsp3) is 0.357. The van der Waals surface area contributed by atoms with E-state index in [0.29, 0.717) is 0 Å². The topological polar surface area (TPSA) is 55.6 Å². The predicted molar refractivity (Wildman–Crippen MR) is 81.4 cm³/mol. The summed E-state index contributed by atoms with van der Waals surface area (Å²) in [7, 11) is 0. The Morgan fingerprint density at radius 2 is 2.00 bits per heavy atom. The maximum absolute atomic E-state index is 4.45. The van der Waals surface area contributed by atoms with Crippen molar-refractivity contribution < 1.29 is 0 Å². The number of benzene rings is 1. The highest BCUT2D eigenvalue weighted by molar-refractivity contribution is 7.13. The minimum atomic E-state index is 0.763. The van der Waals surface area contributed by atoms with E-state index in [9.17, 15) is 0 Å². The first kappa shape index (κ1) is 13.2. The van der Waals surface area contributed by atoms with Gasteiger partial charge in [-0.2, -0.15) is 0 Å². The van der Waals surface area contributed by atoms with Crippen LogP contribution < -0.4 is 5.32 Å². The lowest BCUT2D eigenvalue weighted by Gasteiger charge is -2.02. The first-order chi connectivity index (χ1) is 9.69. The fourth-order valence-electron chi connectivity index (χ4n) is 2.06. The zero-order valence-electron chi connectivity index (χ0n) is 11.8. The third-order valence-electron chi connectivity index (χ3n) is 3.35. The summed E-state index contributed by atoms with van der Waals surface area (Å²) in [6.45, 7) is 7.99. The molecule has 1 aromatic carbocycles. The highest BCUT2D eigenvalue weighted by Gasteiger charge is 2.11. The Morgan fingerprint density at radius 1 is 1.20 bits per heavy atom. The third-order valence-corrected chi connectivity index (χ3v) is 4.27. The van der Waals surface area contributed by atoms with Gasteiger partial charge in [-0.3, -0.25) is 4.57 Å². The fourth-order valence-corrected chi connectivity index (χ4v) is 2.85. The van der Waals surface area contributed by atoms with Crippen LogP contribution in [0.25, 0.3) is 16.2 Å². The molecule has 2 aromatic heterocycles. The number of aryl methyl sites for hydroxylation is 2. The van der Waals surface area contributed by atoms with Gasteiger partial charge in [0, 0.05) is 6.54 Å². The van der Waals surface area contributed by atoms with Gasteiger partial charge in [-0.05, 0) is 43.7 Å². The number of hydrogen-bond donors (Lipinski definition) is 1. The van der Waals surface area contributed by atoms with Gasteiger partial charge in [-0.25, -0.2) is 4.98 Å². The van der Waals surface area contributed by atoms with Crippen molar-refractivity contribution in [2.75, 3.05) is 6.54 Å². The molecule has 0 fully saturated rings. The number of nitrogens with zero attached hydrogens (tertiary/aromatic N) is 4. The van der Waals surface area contributed by atoms with Crippen molar-refractivity contribution in [1.29, 1.82) is 0 Å². The Balaban J connectivity index is 2.01. The lowest BCUT2D eigenvalue weighted by molar-refractivity contribution is 0.714. The molecule has 0 bridgehead atoms. The standard InChI is InChI=1S/C14H17N5S/c1-4-15-7-13-17-18-14(20-13)19-8-16-11-5-9(2)10(3)6-12(11)19/h5-6,8,15H,4,7H2,1-3H3. The van der Waals surface area contributed by atoms with Gasteiger partial charge in [-0.15, -0.1) is 10.2 Å². The van der Waals surface area contributed by atoms with E-state index in [-0.39, 0.29) is 0 Å². The van der Waals surface area contributed by atoms with E-state index in [1.54, 1.807) is 11.3 Å². The van der Waals surface area contributed by atoms with E-state index < -0.39 is 0 Å². The maximum atomic E-state index is 4.45. The van der Waals surface area contributed by atoms with E-state index in [2.05, 4.69) is 53.4 Å². The molecular weight excluding hydrogens is 270 g/mol. The zero-order valence-corrected chi connectivity index (χ0v) is 12.7. The number of nitrogens with one attached hydrogen (secondary N) is 1. The number of imidazole rings is 1. The van der Waals surface area contributed by atoms with Crippen molar-refractivity contribution >= 4 is 22.4 Å². The highest BCUT2D eigenvalue weighted by Crippen LogP contribution is 2.23. The molecule has 1 N–H and O–H groups in total. The lowest BCUT2D eigenvalue weighted by Crippen LogP contribution is -2.11. The molecule has 0 spiro atoms. The maximum Gasteiger partial charge on any atom is 0.218 e. The lowest BCUT2D eigenvalue weighted by atomic mass is 10.1. The van der Waals surface area contributed by atoms with Crippen LogP contribution in [-0.4, -0.2) is 26.3 Å². The van der Waals surface area contributed by atoms with Crippen molar-refractivity contribution in [3.63, 3.8) is 0 Å². The Labute approximate surface area is 121 Å². The van der Waals surface area contributed by atoms with Crippen molar-refractivity contribution in [2.24, 2.45) is 0 Å². The van der Waals surface area contributed by atoms with Crippen LogP contribution in [-0.2, 0) is 6.54 Å². The summed E-state index contributed by atoms with van der Waals surface area (Å²) in [6, 6.07) is 4.27. The second-order valence-electron chi connectivity index (χ2n) is 4.80. The molecule has 0 aliphatic carbocycles. The summed E-state index contributed by atoms with van der Waals surface area (Å²) < 4.78 is 2.01. The molecule has 6 heteroatoms. The second kappa shape index (κ2) is 5.30. The summed E-state index contributed by atoms with van der Waals surface area (Å²) in [6.07, 6.45) is 1.82. The summed E-state index contributed by atoms with van der Waals surface area (Å²) in [5.41, 5.74) is 4.60. The largest absolute Gasteiger partial charge is 0.311 e. The molecule has 0 saturated carbocycles. The van der Waals surface area contributed by atoms with Gasteiger partial charge in [0.15, 0.2) is 0 Å². The van der Waals surface area contributed by atoms with E-state index in [0.717, 1.165) is 34.3 Å². The zero-order chi connectivity index (χ0) is 14.1. The molecule has 104 valence electrons. The number of hydrogen-bond acceptors (Lipinski definition) is 5. The number of aromatic nitrogens is 4. The van der Waals surface area contributed by atoms with Crippen LogP contribution in [0.3, 0.4) is 0 Å². The molecular formula is C14H17N5S. The van der Waals surface area contributed by atoms with E-state index in [1.165, 1.54) is 11.1 Å². The third kappa shape index (κ3) is 2.32. The summed E-state index contributed by atoms with van der Waals surface area (Å²) >= 11 is 1.59. The van der Waals surface area contributed by atoms with Gasteiger partial charge < -0.3 is 5.32 Å². The van der Waals surface area contributed by atoms with Gasteiger partial charge in [0.25, 0.3) is 0 Å². The van der Waals surface area contributed by atoms with E-state index in [1.807, 2.05) is 10.9 Å². The minimum Gasteiger partial charge on any atom is -0.311 e. The summed E-state index contributed by atoms with van der Waals surface area (Å²) in [5, 5.41) is 13.6. The Kier molecular flexibility index (Phi) is 3.50. The molecule has 20 heavy (non-hydrogen) atoms. The number of fused-ring (bicyclic) bond motifs is 1. The molecule has 3 aromatic rings. The monoisotopic (exact) mass is 287 g/mol. The van der Waals surface area contributed by atoms with Crippen LogP contribution in [0.5, 0.6) is 0 Å². The van der Waals surface area contributed by atoms with Crippen LogP contribution in [0, 0.1) is 13.8 Å². The average Bonchev–Trinajstić information content (AvgIpc) is 3.03. The molecule has 3 rings (SSSR count). The first-order valence-corrected chi connectivity index (χ1v) is 7.48. The van der Waals surface area contributed by atoms with E-state index in [4.69, 9.17) is 0 Å². The van der Waals surface area contributed by atoms with Crippen LogP contribution in [0.2, 0.25) is 0 Å². The normalized spacial score (nSPS) is 11.3. The molecule has 0 aliphatic heterocycles. The molecule has 2 heterocycles. The predicted octanol–water partition coefficient (Wildman–Crippen LogP) is 2.60. The van der Waals surface area contributed by atoms with Gasteiger partial charge in [0.1, 0.15) is 11.3 Å². The van der Waals surface area contributed by atoms with E-state index >= 15 is 0 Å². The molecule has 0 saturated heterocycles. The SMILES string of the molecule is CCNCc1nnc(-n2cnc3cc(C)c(C)cc32)s1. The van der Waals surface area contributed by atoms with Gasteiger partial charge in [0.05, 0.1) is 11.0 Å². The minimum absolute atomic E-state index is 0.763. The van der Waals surface area contributed by atoms with Crippen molar-refractivity contribution in [3.05, 3.63) is 34.6 Å². The highest BCUT2D eigenvalue weighted by atomic mass is 32.1. The van der Waals surface area contributed by atoms with Gasteiger partial charge >= 0.3 is 0 Å². The van der Waals surface area contributed by atoms with Crippen LogP contribution in [0.15, 0.2) is 18.5 Å². The van der Waals surface area contributed by atoms with Crippen LogP contribution in [0.1, 0.15) is 23.1 Å². The number of rotatable bonds is 4. The quantitative estimate of drug-likeness (QED) is 0.801. The molecule has 5 nitrogen and oxygen atoms in total. The van der Waals surface area contributed by atoms with Crippen LogP contribution >= 0.6 is 11.3 Å². The smallest absolute Gasteiger partial charge is 0.218 e. The van der Waals surface area contributed by atoms with Crippen molar-refractivity contribution in [3.8, 4) is 5.13 Å². The van der Waals surface area contributed by atoms with Gasteiger partial charge in [-0.1, -0.05) is 18.3 Å². The molecule has 0 amide bonds. The second-order valence-corrected chi connectivity index (χ2v) is 5.84. The first-order valence-electron chi connectivity index (χ1n) is 6.67. The molecule has 0 radical (unpaired) electrons. The van der Waals surface area contributed by atoms with Crippen molar-refractivity contribution in [2.45, 2.75) is 27.3 Å². The Hall–Kier alpha value is -1.79. The molecule has 0 unspecified atom stereocenters. The van der Waals surface area contributed by atoms with Crippen LogP contribution in [0.4, 0.5) is 0 Å². The summed E-state index contributed by atoms with van der Waals surface area (Å²) in [5.74, 6) is 0. The summed E-state index contributed by atoms with van der Waals surface area (Å²) in [4.78, 5) is 4.45. The Morgan fingerprint density at radius 3 is 2.80 bits per heavy atom. The molecule has 0 atom stereocenters. The average molecular weight is 287 g/mol.